The smallest absolute Gasteiger partial charge is 0.125 e. The van der Waals surface area contributed by atoms with Gasteiger partial charge in [-0.05, 0) is 42.9 Å². The third-order valence-electron chi connectivity index (χ3n) is 2.79. The fourth-order valence-corrected chi connectivity index (χ4v) is 1.83. The summed E-state index contributed by atoms with van der Waals surface area (Å²) in [7, 11) is 1.73. The Morgan fingerprint density at radius 1 is 1.33 bits per heavy atom. The Labute approximate surface area is 97.4 Å². The molecule has 0 spiro atoms. The Bertz CT molecular complexity index is 334. The van der Waals surface area contributed by atoms with E-state index in [9.17, 15) is 0 Å². The molecular weight excluding hydrogens is 208 g/mol. The quantitative estimate of drug-likeness (QED) is 0.711. The Morgan fingerprint density at radius 2 is 2.00 bits per heavy atom. The molecule has 0 amide bonds. The van der Waals surface area contributed by atoms with E-state index in [0.717, 1.165) is 12.2 Å². The second kappa shape index (κ2) is 5.41. The second-order valence-corrected chi connectivity index (χ2v) is 4.47. The van der Waals surface area contributed by atoms with Crippen LogP contribution in [0.4, 0.5) is 0 Å². The second-order valence-electron chi connectivity index (χ2n) is 4.16. The third-order valence-corrected chi connectivity index (χ3v) is 3.32. The number of methoxy groups -OCH3 is 1. The molecule has 0 aliphatic carbocycles. The summed E-state index contributed by atoms with van der Waals surface area (Å²) in [6.45, 7) is 6.36. The summed E-state index contributed by atoms with van der Waals surface area (Å²) in [5, 5.41) is 0. The van der Waals surface area contributed by atoms with Gasteiger partial charge < -0.3 is 4.74 Å². The van der Waals surface area contributed by atoms with E-state index in [-0.39, 0.29) is 0 Å². The zero-order valence-corrected chi connectivity index (χ0v) is 10.7. The first-order chi connectivity index (χ1) is 7.10. The van der Waals surface area contributed by atoms with Crippen molar-refractivity contribution in [1.82, 2.24) is 0 Å². The Morgan fingerprint density at radius 3 is 2.53 bits per heavy atom. The van der Waals surface area contributed by atoms with Crippen LogP contribution in [0.25, 0.3) is 0 Å². The summed E-state index contributed by atoms with van der Waals surface area (Å²) in [6.07, 6.45) is 0.980. The highest BCUT2D eigenvalue weighted by Crippen LogP contribution is 2.28. The topological polar surface area (TPSA) is 9.23 Å². The molecule has 0 saturated heterocycles. The molecule has 0 radical (unpaired) electrons. The normalized spacial score (nSPS) is 12.6. The summed E-state index contributed by atoms with van der Waals surface area (Å²) in [5.41, 5.74) is 3.76. The monoisotopic (exact) mass is 226 g/mol. The summed E-state index contributed by atoms with van der Waals surface area (Å²) in [4.78, 5) is 0. The van der Waals surface area contributed by atoms with E-state index >= 15 is 0 Å². The number of rotatable bonds is 4. The molecule has 0 bridgehead atoms. The predicted octanol–water partition coefficient (Wildman–Crippen LogP) is 3.73. The van der Waals surface area contributed by atoms with Crippen LogP contribution in [0.2, 0.25) is 0 Å². The molecule has 0 aromatic heterocycles. The van der Waals surface area contributed by atoms with Gasteiger partial charge in [0, 0.05) is 5.88 Å². The first kappa shape index (κ1) is 12.4. The van der Waals surface area contributed by atoms with Crippen LogP contribution >= 0.6 is 11.6 Å². The minimum atomic E-state index is 0.489. The highest BCUT2D eigenvalue weighted by Gasteiger charge is 2.11. The average Bonchev–Trinajstić information content (AvgIpc) is 2.24. The van der Waals surface area contributed by atoms with E-state index in [1.54, 1.807) is 7.11 Å². The Balaban J connectivity index is 3.02. The molecule has 1 nitrogen and oxygen atoms in total. The number of alkyl halides is 1. The zero-order valence-electron chi connectivity index (χ0n) is 9.93. The molecular formula is C13H19ClO. The van der Waals surface area contributed by atoms with Gasteiger partial charge in [0.05, 0.1) is 7.11 Å². The highest BCUT2D eigenvalue weighted by molar-refractivity contribution is 6.18. The van der Waals surface area contributed by atoms with Crippen molar-refractivity contribution < 1.29 is 4.74 Å². The summed E-state index contributed by atoms with van der Waals surface area (Å²) >= 11 is 5.83. The van der Waals surface area contributed by atoms with Crippen molar-refractivity contribution in [2.24, 2.45) is 5.92 Å². The van der Waals surface area contributed by atoms with Gasteiger partial charge >= 0.3 is 0 Å². The lowest BCUT2D eigenvalue weighted by molar-refractivity contribution is 0.403. The van der Waals surface area contributed by atoms with Crippen molar-refractivity contribution in [3.8, 4) is 5.75 Å². The van der Waals surface area contributed by atoms with Gasteiger partial charge in [-0.1, -0.05) is 19.1 Å². The van der Waals surface area contributed by atoms with Crippen LogP contribution in [0, 0.1) is 19.8 Å². The maximum atomic E-state index is 5.83. The maximum absolute atomic E-state index is 5.83. The van der Waals surface area contributed by atoms with Crippen molar-refractivity contribution >= 4 is 11.6 Å². The van der Waals surface area contributed by atoms with Gasteiger partial charge in [0.2, 0.25) is 0 Å². The zero-order chi connectivity index (χ0) is 11.4. The van der Waals surface area contributed by atoms with Crippen molar-refractivity contribution in [3.63, 3.8) is 0 Å². The molecule has 0 N–H and O–H groups in total. The molecule has 0 saturated carbocycles. The molecule has 84 valence electrons. The van der Waals surface area contributed by atoms with Crippen molar-refractivity contribution in [2.75, 3.05) is 13.0 Å². The van der Waals surface area contributed by atoms with Crippen LogP contribution in [-0.2, 0) is 6.42 Å². The lowest BCUT2D eigenvalue weighted by Gasteiger charge is -2.15. The van der Waals surface area contributed by atoms with Crippen LogP contribution in [0.1, 0.15) is 23.6 Å². The van der Waals surface area contributed by atoms with E-state index < -0.39 is 0 Å². The molecule has 2 heteroatoms. The molecule has 1 atom stereocenters. The van der Waals surface area contributed by atoms with Gasteiger partial charge in [-0.2, -0.15) is 0 Å². The van der Waals surface area contributed by atoms with Gasteiger partial charge in [-0.3, -0.25) is 0 Å². The van der Waals surface area contributed by atoms with Gasteiger partial charge in [0.25, 0.3) is 0 Å². The van der Waals surface area contributed by atoms with Crippen LogP contribution < -0.4 is 4.74 Å². The SMILES string of the molecule is COc1c(CC(C)CCl)ccc(C)c1C. The molecule has 1 rings (SSSR count). The molecule has 1 aromatic rings. The van der Waals surface area contributed by atoms with Crippen LogP contribution in [0.15, 0.2) is 12.1 Å². The first-order valence-corrected chi connectivity index (χ1v) is 5.82. The summed E-state index contributed by atoms with van der Waals surface area (Å²) in [6, 6.07) is 4.29. The van der Waals surface area contributed by atoms with Crippen LogP contribution in [0.5, 0.6) is 5.75 Å². The van der Waals surface area contributed by atoms with Crippen molar-refractivity contribution in [2.45, 2.75) is 27.2 Å². The van der Waals surface area contributed by atoms with E-state index in [1.807, 2.05) is 0 Å². The van der Waals surface area contributed by atoms with E-state index in [4.69, 9.17) is 16.3 Å². The average molecular weight is 227 g/mol. The molecule has 0 heterocycles. The molecule has 15 heavy (non-hydrogen) atoms. The lowest BCUT2D eigenvalue weighted by atomic mass is 9.97. The summed E-state index contributed by atoms with van der Waals surface area (Å²) in [5.74, 6) is 2.20. The predicted molar refractivity (Wildman–Crippen MR) is 66.1 cm³/mol. The number of benzene rings is 1. The first-order valence-electron chi connectivity index (χ1n) is 5.29. The van der Waals surface area contributed by atoms with Crippen molar-refractivity contribution in [1.29, 1.82) is 0 Å². The largest absolute Gasteiger partial charge is 0.496 e. The van der Waals surface area contributed by atoms with Gasteiger partial charge in [-0.15, -0.1) is 11.6 Å². The fourth-order valence-electron chi connectivity index (χ4n) is 1.72. The van der Waals surface area contributed by atoms with E-state index in [1.165, 1.54) is 16.7 Å². The lowest BCUT2D eigenvalue weighted by Crippen LogP contribution is -2.04. The third kappa shape index (κ3) is 2.88. The van der Waals surface area contributed by atoms with Gasteiger partial charge in [0.15, 0.2) is 0 Å². The standard InChI is InChI=1S/C13H19ClO/c1-9(8-14)7-12-6-5-10(2)11(3)13(12)15-4/h5-6,9H,7-8H2,1-4H3. The van der Waals surface area contributed by atoms with Gasteiger partial charge in [-0.25, -0.2) is 0 Å². The number of ether oxygens (including phenoxy) is 1. The minimum absolute atomic E-state index is 0.489. The van der Waals surface area contributed by atoms with Crippen LogP contribution in [-0.4, -0.2) is 13.0 Å². The molecule has 0 aliphatic heterocycles. The Kier molecular flexibility index (Phi) is 4.46. The summed E-state index contributed by atoms with van der Waals surface area (Å²) < 4.78 is 5.46. The maximum Gasteiger partial charge on any atom is 0.125 e. The molecule has 0 aliphatic rings. The molecule has 1 aromatic carbocycles. The molecule has 0 fully saturated rings. The number of aryl methyl sites for hydroxylation is 1. The number of hydrogen-bond acceptors (Lipinski definition) is 1. The number of hydrogen-bond donors (Lipinski definition) is 0. The van der Waals surface area contributed by atoms with Crippen LogP contribution in [0.3, 0.4) is 0 Å². The highest BCUT2D eigenvalue weighted by atomic mass is 35.5. The van der Waals surface area contributed by atoms with Crippen molar-refractivity contribution in [3.05, 3.63) is 28.8 Å². The number of halogens is 1. The van der Waals surface area contributed by atoms with E-state index in [0.29, 0.717) is 11.8 Å². The minimum Gasteiger partial charge on any atom is -0.496 e. The van der Waals surface area contributed by atoms with E-state index in [2.05, 4.69) is 32.9 Å². The van der Waals surface area contributed by atoms with Gasteiger partial charge in [0.1, 0.15) is 5.75 Å². The molecule has 1 unspecified atom stereocenters. The fraction of sp³-hybridized carbons (Fsp3) is 0.538. The Hall–Kier alpha value is -0.690.